The van der Waals surface area contributed by atoms with E-state index in [1.807, 2.05) is 38.6 Å². The minimum atomic E-state index is -0.0244. The Morgan fingerprint density at radius 2 is 2.15 bits per heavy atom. The molecule has 0 bridgehead atoms. The predicted octanol–water partition coefficient (Wildman–Crippen LogP) is 3.08. The lowest BCUT2D eigenvalue weighted by atomic mass is 10.2. The molecule has 0 saturated heterocycles. The van der Waals surface area contributed by atoms with Crippen LogP contribution in [0.1, 0.15) is 43.2 Å². The van der Waals surface area contributed by atoms with Crippen molar-refractivity contribution in [2.24, 2.45) is 0 Å². The van der Waals surface area contributed by atoms with Crippen molar-refractivity contribution in [2.75, 3.05) is 23.4 Å². The highest BCUT2D eigenvalue weighted by atomic mass is 32.2. The lowest BCUT2D eigenvalue weighted by Gasteiger charge is -2.14. The van der Waals surface area contributed by atoms with Gasteiger partial charge >= 0.3 is 0 Å². The summed E-state index contributed by atoms with van der Waals surface area (Å²) in [5.41, 5.74) is 1.52. The number of hydrogen-bond acceptors (Lipinski definition) is 4. The summed E-state index contributed by atoms with van der Waals surface area (Å²) >= 11 is 1.90. The van der Waals surface area contributed by atoms with Crippen LogP contribution >= 0.6 is 11.8 Å². The second-order valence-corrected chi connectivity index (χ2v) is 6.17. The molecule has 0 aromatic carbocycles. The van der Waals surface area contributed by atoms with E-state index < -0.39 is 0 Å². The number of thioether (sulfide) groups is 1. The number of pyridine rings is 1. The van der Waals surface area contributed by atoms with Gasteiger partial charge in [0.05, 0.1) is 0 Å². The highest BCUT2D eigenvalue weighted by Crippen LogP contribution is 2.11. The summed E-state index contributed by atoms with van der Waals surface area (Å²) < 4.78 is 0. The fourth-order valence-corrected chi connectivity index (χ4v) is 2.66. The molecule has 0 radical (unpaired) electrons. The van der Waals surface area contributed by atoms with Gasteiger partial charge in [-0.2, -0.15) is 11.8 Å². The van der Waals surface area contributed by atoms with Crippen LogP contribution in [0.25, 0.3) is 0 Å². The maximum Gasteiger partial charge on any atom is 0.251 e. The number of amides is 1. The van der Waals surface area contributed by atoms with Crippen molar-refractivity contribution in [1.29, 1.82) is 0 Å². The first kappa shape index (κ1) is 16.8. The molecule has 1 rings (SSSR count). The standard InChI is InChI=1S/C15H25N3OS/c1-5-16-14-10-13(9-12(4)17-14)15(19)18-11(3)7-8-20-6-2/h9-11H,5-8H2,1-4H3,(H,16,17)(H,18,19). The van der Waals surface area contributed by atoms with Crippen molar-refractivity contribution in [2.45, 2.75) is 40.2 Å². The molecular formula is C15H25N3OS. The van der Waals surface area contributed by atoms with E-state index in [1.54, 1.807) is 6.07 Å². The van der Waals surface area contributed by atoms with Crippen LogP contribution in [0.3, 0.4) is 0 Å². The van der Waals surface area contributed by atoms with Gasteiger partial charge in [0.1, 0.15) is 5.82 Å². The molecule has 0 fully saturated rings. The van der Waals surface area contributed by atoms with Crippen molar-refractivity contribution in [3.05, 3.63) is 23.4 Å². The molecule has 2 N–H and O–H groups in total. The van der Waals surface area contributed by atoms with Gasteiger partial charge in [-0.15, -0.1) is 0 Å². The number of hydrogen-bond donors (Lipinski definition) is 2. The molecule has 5 heteroatoms. The number of carbonyl (C=O) groups excluding carboxylic acids is 1. The van der Waals surface area contributed by atoms with Crippen molar-refractivity contribution < 1.29 is 4.79 Å². The normalized spacial score (nSPS) is 12.0. The van der Waals surface area contributed by atoms with Crippen LogP contribution in [0, 0.1) is 6.92 Å². The highest BCUT2D eigenvalue weighted by Gasteiger charge is 2.11. The van der Waals surface area contributed by atoms with Gasteiger partial charge in [-0.25, -0.2) is 4.98 Å². The Balaban J connectivity index is 2.62. The third-order valence-electron chi connectivity index (χ3n) is 2.85. The van der Waals surface area contributed by atoms with Crippen LogP contribution < -0.4 is 10.6 Å². The number of aryl methyl sites for hydroxylation is 1. The summed E-state index contributed by atoms with van der Waals surface area (Å²) in [6.07, 6.45) is 0.994. The van der Waals surface area contributed by atoms with E-state index in [9.17, 15) is 4.79 Å². The molecule has 20 heavy (non-hydrogen) atoms. The Kier molecular flexibility index (Phi) is 7.44. The molecule has 0 aliphatic heterocycles. The molecule has 1 amide bonds. The molecule has 0 saturated carbocycles. The first-order valence-electron chi connectivity index (χ1n) is 7.18. The molecule has 0 aliphatic rings. The number of anilines is 1. The first-order valence-corrected chi connectivity index (χ1v) is 8.33. The first-order chi connectivity index (χ1) is 9.56. The van der Waals surface area contributed by atoms with Gasteiger partial charge in [-0.05, 0) is 50.8 Å². The van der Waals surface area contributed by atoms with Gasteiger partial charge in [-0.3, -0.25) is 4.79 Å². The van der Waals surface area contributed by atoms with Gasteiger partial charge in [0.2, 0.25) is 0 Å². The second-order valence-electron chi connectivity index (χ2n) is 4.77. The zero-order chi connectivity index (χ0) is 15.0. The van der Waals surface area contributed by atoms with Crippen molar-refractivity contribution in [3.63, 3.8) is 0 Å². The van der Waals surface area contributed by atoms with E-state index in [0.717, 1.165) is 36.0 Å². The molecule has 1 aromatic rings. The summed E-state index contributed by atoms with van der Waals surface area (Å²) in [4.78, 5) is 16.6. The van der Waals surface area contributed by atoms with Gasteiger partial charge in [0, 0.05) is 23.8 Å². The molecule has 1 heterocycles. The van der Waals surface area contributed by atoms with Crippen LogP contribution in [0.5, 0.6) is 0 Å². The van der Waals surface area contributed by atoms with E-state index in [1.165, 1.54) is 0 Å². The second kappa shape index (κ2) is 8.84. The largest absolute Gasteiger partial charge is 0.370 e. The van der Waals surface area contributed by atoms with Crippen LogP contribution in [-0.2, 0) is 0 Å². The van der Waals surface area contributed by atoms with Gasteiger partial charge in [-0.1, -0.05) is 6.92 Å². The zero-order valence-electron chi connectivity index (χ0n) is 12.8. The van der Waals surface area contributed by atoms with Crippen molar-refractivity contribution in [1.82, 2.24) is 10.3 Å². The minimum Gasteiger partial charge on any atom is -0.370 e. The maximum absolute atomic E-state index is 12.2. The summed E-state index contributed by atoms with van der Waals surface area (Å²) in [6.45, 7) is 8.90. The van der Waals surface area contributed by atoms with E-state index in [-0.39, 0.29) is 11.9 Å². The zero-order valence-corrected chi connectivity index (χ0v) is 13.6. The van der Waals surface area contributed by atoms with E-state index in [4.69, 9.17) is 0 Å². The van der Waals surface area contributed by atoms with Crippen molar-refractivity contribution in [3.8, 4) is 0 Å². The molecule has 4 nitrogen and oxygen atoms in total. The lowest BCUT2D eigenvalue weighted by Crippen LogP contribution is -2.33. The Hall–Kier alpha value is -1.23. The van der Waals surface area contributed by atoms with E-state index >= 15 is 0 Å². The Labute approximate surface area is 126 Å². The molecule has 0 spiro atoms. The number of aromatic nitrogens is 1. The minimum absolute atomic E-state index is 0.0244. The van der Waals surface area contributed by atoms with Gasteiger partial charge in [0.15, 0.2) is 0 Å². The highest BCUT2D eigenvalue weighted by molar-refractivity contribution is 7.99. The summed E-state index contributed by atoms with van der Waals surface area (Å²) in [6, 6.07) is 3.82. The van der Waals surface area contributed by atoms with Crippen LogP contribution in [0.2, 0.25) is 0 Å². The molecule has 0 aliphatic carbocycles. The molecule has 1 unspecified atom stereocenters. The summed E-state index contributed by atoms with van der Waals surface area (Å²) in [7, 11) is 0. The fourth-order valence-electron chi connectivity index (χ4n) is 1.86. The Morgan fingerprint density at radius 3 is 2.80 bits per heavy atom. The summed E-state index contributed by atoms with van der Waals surface area (Å²) in [5.74, 6) is 2.93. The van der Waals surface area contributed by atoms with Gasteiger partial charge < -0.3 is 10.6 Å². The lowest BCUT2D eigenvalue weighted by molar-refractivity contribution is 0.0939. The number of nitrogens with one attached hydrogen (secondary N) is 2. The Morgan fingerprint density at radius 1 is 1.40 bits per heavy atom. The number of rotatable bonds is 8. The maximum atomic E-state index is 12.2. The molecule has 1 atom stereocenters. The molecule has 112 valence electrons. The summed E-state index contributed by atoms with van der Waals surface area (Å²) in [5, 5.41) is 6.19. The van der Waals surface area contributed by atoms with E-state index in [2.05, 4.69) is 22.5 Å². The SMILES string of the molecule is CCNc1cc(C(=O)NC(C)CCSCC)cc(C)n1. The van der Waals surface area contributed by atoms with Crippen LogP contribution in [0.15, 0.2) is 12.1 Å². The van der Waals surface area contributed by atoms with Crippen LogP contribution in [0.4, 0.5) is 5.82 Å². The predicted molar refractivity (Wildman–Crippen MR) is 87.7 cm³/mol. The third kappa shape index (κ3) is 5.82. The third-order valence-corrected chi connectivity index (χ3v) is 3.78. The van der Waals surface area contributed by atoms with Crippen LogP contribution in [-0.4, -0.2) is 35.0 Å². The average molecular weight is 295 g/mol. The number of carbonyl (C=O) groups is 1. The van der Waals surface area contributed by atoms with E-state index in [0.29, 0.717) is 5.56 Å². The van der Waals surface area contributed by atoms with Crippen molar-refractivity contribution >= 4 is 23.5 Å². The molecular weight excluding hydrogens is 270 g/mol. The average Bonchev–Trinajstić information content (AvgIpc) is 2.38. The smallest absolute Gasteiger partial charge is 0.251 e. The Bertz CT molecular complexity index is 437. The monoisotopic (exact) mass is 295 g/mol. The quantitative estimate of drug-likeness (QED) is 0.724. The molecule has 1 aromatic heterocycles. The number of nitrogens with zero attached hydrogens (tertiary/aromatic N) is 1. The van der Waals surface area contributed by atoms with Gasteiger partial charge in [0.25, 0.3) is 5.91 Å². The fraction of sp³-hybridized carbons (Fsp3) is 0.600. The topological polar surface area (TPSA) is 54.0 Å².